The number of hydrogen-bond acceptors (Lipinski definition) is 7. The molecular formula is C22H31N5O5S. The van der Waals surface area contributed by atoms with Crippen LogP contribution in [-0.2, 0) is 14.4 Å². The minimum atomic E-state index is -2.71. The van der Waals surface area contributed by atoms with Gasteiger partial charge in [0.1, 0.15) is 17.6 Å². The third-order valence-electron chi connectivity index (χ3n) is 5.40. The summed E-state index contributed by atoms with van der Waals surface area (Å²) in [6.07, 6.45) is 7.11. The molecule has 2 aromatic heterocycles. The molecule has 1 saturated carbocycles. The molecule has 0 aromatic carbocycles. The first-order valence-electron chi connectivity index (χ1n) is 10.7. The highest BCUT2D eigenvalue weighted by molar-refractivity contribution is 7.99. The predicted molar refractivity (Wildman–Crippen MR) is 129 cm³/mol. The Balaban J connectivity index is 1.79. The molecule has 0 aliphatic heterocycles. The molecule has 33 heavy (non-hydrogen) atoms. The van der Waals surface area contributed by atoms with Crippen LogP contribution >= 0.6 is 0 Å². The number of nitrogens with two attached hydrogens (primary N) is 1. The molecule has 10 nitrogen and oxygen atoms in total. The van der Waals surface area contributed by atoms with Gasteiger partial charge in [0.15, 0.2) is 0 Å². The monoisotopic (exact) mass is 477 g/mol. The molecule has 1 fully saturated rings. The lowest BCUT2D eigenvalue weighted by Crippen LogP contribution is -2.31. The predicted octanol–water partition coefficient (Wildman–Crippen LogP) is 1.45. The number of aliphatic hydroxyl groups is 1. The summed E-state index contributed by atoms with van der Waals surface area (Å²) < 4.78 is 25.9. The molecule has 2 heterocycles. The number of nitrogens with one attached hydrogen (secondary N) is 2. The standard InChI is InChI=1S/C22H31N5O5S/c1-14-17(21(29)27-33(3,30)12-11-31-2)13-25-19(14)20(23)26-18-5-4-10-24-22(18)32-16-8-6-15(28)7-9-16/h4-5,10,12-13,15-16,25,28H,6-9,11H2,1-3H3,(H2,23,26)(H,27,29,30). The van der Waals surface area contributed by atoms with E-state index in [2.05, 4.69) is 19.7 Å². The second kappa shape index (κ2) is 10.8. The first-order valence-corrected chi connectivity index (χ1v) is 12.7. The number of methoxy groups -OCH3 is 1. The molecule has 1 amide bonds. The van der Waals surface area contributed by atoms with Gasteiger partial charge in [0, 0.05) is 31.1 Å². The van der Waals surface area contributed by atoms with Crippen molar-refractivity contribution >= 4 is 32.5 Å². The molecule has 0 saturated heterocycles. The van der Waals surface area contributed by atoms with Gasteiger partial charge in [-0.3, -0.25) is 9.52 Å². The Morgan fingerprint density at radius 3 is 2.85 bits per heavy atom. The van der Waals surface area contributed by atoms with Crippen LogP contribution in [0.4, 0.5) is 5.69 Å². The molecule has 1 unspecified atom stereocenters. The number of amidine groups is 1. The van der Waals surface area contributed by atoms with E-state index in [1.807, 2.05) is 0 Å². The Morgan fingerprint density at radius 1 is 1.42 bits per heavy atom. The van der Waals surface area contributed by atoms with Crippen molar-refractivity contribution in [3.8, 4) is 5.88 Å². The zero-order valence-electron chi connectivity index (χ0n) is 19.0. The van der Waals surface area contributed by atoms with Gasteiger partial charge in [-0.2, -0.15) is 0 Å². The second-order valence-electron chi connectivity index (χ2n) is 8.03. The number of aliphatic hydroxyl groups excluding tert-OH is 1. The van der Waals surface area contributed by atoms with Crippen LogP contribution in [0.5, 0.6) is 5.88 Å². The van der Waals surface area contributed by atoms with Gasteiger partial charge in [-0.1, -0.05) is 0 Å². The lowest BCUT2D eigenvalue weighted by Gasteiger charge is -2.26. The summed E-state index contributed by atoms with van der Waals surface area (Å²) >= 11 is 0. The van der Waals surface area contributed by atoms with Crippen LogP contribution in [0.2, 0.25) is 0 Å². The fraction of sp³-hybridized carbons (Fsp3) is 0.455. The average Bonchev–Trinajstić information content (AvgIpc) is 3.16. The lowest BCUT2D eigenvalue weighted by atomic mass is 9.95. The molecule has 180 valence electrons. The van der Waals surface area contributed by atoms with Gasteiger partial charge in [0.25, 0.3) is 5.91 Å². The van der Waals surface area contributed by atoms with Crippen LogP contribution in [0.15, 0.2) is 29.5 Å². The van der Waals surface area contributed by atoms with Gasteiger partial charge in [-0.05, 0) is 50.3 Å². The highest BCUT2D eigenvalue weighted by atomic mass is 32.2. The Hall–Kier alpha value is -2.89. The molecule has 5 N–H and O–H groups in total. The number of H-pyrrole nitrogens is 1. The molecule has 1 aliphatic rings. The molecule has 1 aliphatic carbocycles. The highest BCUT2D eigenvalue weighted by Crippen LogP contribution is 2.29. The Bertz CT molecular complexity index is 1130. The van der Waals surface area contributed by atoms with Crippen LogP contribution in [-0.4, -0.2) is 68.6 Å². The SMILES string of the molecule is COCC=S(C)(=O)NC(=O)c1c[nH]c(C(N)=Nc2cccnc2OC2CCC(O)CC2)c1C. The van der Waals surface area contributed by atoms with E-state index >= 15 is 0 Å². The van der Waals surface area contributed by atoms with Crippen molar-refractivity contribution in [2.45, 2.75) is 44.8 Å². The Kier molecular flexibility index (Phi) is 8.11. The summed E-state index contributed by atoms with van der Waals surface area (Å²) in [7, 11) is -1.22. The van der Waals surface area contributed by atoms with E-state index < -0.39 is 15.6 Å². The van der Waals surface area contributed by atoms with Crippen LogP contribution < -0.4 is 15.2 Å². The van der Waals surface area contributed by atoms with E-state index in [1.54, 1.807) is 25.3 Å². The van der Waals surface area contributed by atoms with Gasteiger partial charge in [0.2, 0.25) is 5.88 Å². The second-order valence-corrected chi connectivity index (χ2v) is 10.4. The number of aromatic amines is 1. The quantitative estimate of drug-likeness (QED) is 0.255. The first-order chi connectivity index (χ1) is 15.7. The number of rotatable bonds is 8. The summed E-state index contributed by atoms with van der Waals surface area (Å²) in [5, 5.41) is 11.1. The summed E-state index contributed by atoms with van der Waals surface area (Å²) in [5.41, 5.74) is 8.07. The van der Waals surface area contributed by atoms with Crippen molar-refractivity contribution in [1.29, 1.82) is 0 Å². The van der Waals surface area contributed by atoms with Crippen LogP contribution in [0.25, 0.3) is 0 Å². The zero-order chi connectivity index (χ0) is 24.0. The minimum absolute atomic E-state index is 0.0418. The van der Waals surface area contributed by atoms with E-state index in [9.17, 15) is 14.1 Å². The van der Waals surface area contributed by atoms with Crippen molar-refractivity contribution in [1.82, 2.24) is 14.7 Å². The number of pyridine rings is 1. The van der Waals surface area contributed by atoms with Crippen LogP contribution in [0.3, 0.4) is 0 Å². The smallest absolute Gasteiger partial charge is 0.264 e. The number of aliphatic imine (C=N–C) groups is 1. The van der Waals surface area contributed by atoms with Crippen LogP contribution in [0.1, 0.15) is 47.3 Å². The third-order valence-corrected chi connectivity index (χ3v) is 6.77. The number of nitrogens with zero attached hydrogens (tertiary/aromatic N) is 2. The van der Waals surface area contributed by atoms with Crippen molar-refractivity contribution in [2.75, 3.05) is 20.0 Å². The summed E-state index contributed by atoms with van der Waals surface area (Å²) in [6.45, 7) is 1.89. The topological polar surface area (TPSA) is 152 Å². The number of hydrogen-bond donors (Lipinski definition) is 4. The number of amides is 1. The van der Waals surface area contributed by atoms with Crippen molar-refractivity contribution in [3.05, 3.63) is 41.3 Å². The largest absolute Gasteiger partial charge is 0.473 e. The summed E-state index contributed by atoms with van der Waals surface area (Å²) in [5.74, 6) is 0.0302. The number of carbonyl (C=O) groups excluding carboxylic acids is 1. The first kappa shape index (κ1) is 24.7. The van der Waals surface area contributed by atoms with Crippen LogP contribution in [0, 0.1) is 6.92 Å². The zero-order valence-corrected chi connectivity index (χ0v) is 19.9. The van der Waals surface area contributed by atoms with Gasteiger partial charge in [0.05, 0.1) is 33.7 Å². The molecule has 0 radical (unpaired) electrons. The Labute approximate surface area is 193 Å². The van der Waals surface area contributed by atoms with Crippen molar-refractivity contribution < 1.29 is 23.6 Å². The lowest BCUT2D eigenvalue weighted by molar-refractivity contribution is 0.0647. The fourth-order valence-electron chi connectivity index (χ4n) is 3.54. The minimum Gasteiger partial charge on any atom is -0.473 e. The fourth-order valence-corrected chi connectivity index (χ4v) is 4.50. The van der Waals surface area contributed by atoms with E-state index in [0.717, 1.165) is 12.8 Å². The normalized spacial score (nSPS) is 20.7. The van der Waals surface area contributed by atoms with Gasteiger partial charge < -0.3 is 25.3 Å². The van der Waals surface area contributed by atoms with E-state index in [0.29, 0.717) is 41.2 Å². The third kappa shape index (κ3) is 6.56. The van der Waals surface area contributed by atoms with E-state index in [-0.39, 0.29) is 24.7 Å². The maximum Gasteiger partial charge on any atom is 0.264 e. The average molecular weight is 478 g/mol. The molecule has 0 bridgehead atoms. The molecule has 0 spiro atoms. The van der Waals surface area contributed by atoms with Gasteiger partial charge >= 0.3 is 0 Å². The van der Waals surface area contributed by atoms with Crippen molar-refractivity contribution in [3.63, 3.8) is 0 Å². The number of ether oxygens (including phenoxy) is 2. The van der Waals surface area contributed by atoms with E-state index in [1.165, 1.54) is 24.9 Å². The molecule has 3 rings (SSSR count). The molecule has 2 aromatic rings. The maximum absolute atomic E-state index is 12.6. The number of carbonyl (C=O) groups is 1. The van der Waals surface area contributed by atoms with Gasteiger partial charge in [-0.15, -0.1) is 0 Å². The molecule has 1 atom stereocenters. The van der Waals surface area contributed by atoms with Gasteiger partial charge in [-0.25, -0.2) is 14.2 Å². The van der Waals surface area contributed by atoms with E-state index in [4.69, 9.17) is 15.2 Å². The number of aromatic nitrogens is 2. The molecule has 11 heteroatoms. The Morgan fingerprint density at radius 2 is 2.15 bits per heavy atom. The summed E-state index contributed by atoms with van der Waals surface area (Å²) in [4.78, 5) is 24.4. The highest BCUT2D eigenvalue weighted by Gasteiger charge is 2.22. The molecular weight excluding hydrogens is 446 g/mol. The summed E-state index contributed by atoms with van der Waals surface area (Å²) in [6, 6.07) is 3.48. The van der Waals surface area contributed by atoms with Crippen molar-refractivity contribution in [2.24, 2.45) is 10.7 Å². The maximum atomic E-state index is 12.6.